The van der Waals surface area contributed by atoms with Crippen molar-refractivity contribution in [1.29, 1.82) is 0 Å². The van der Waals surface area contributed by atoms with E-state index in [2.05, 4.69) is 56.9 Å². The average Bonchev–Trinajstić information content (AvgIpc) is 3.54. The zero-order chi connectivity index (χ0) is 33.6. The molecule has 1 aliphatic rings. The molecule has 0 aliphatic carbocycles. The molecule has 13 heteroatoms. The predicted molar refractivity (Wildman–Crippen MR) is 179 cm³/mol. The molecule has 4 aromatic rings. The Kier molecular flexibility index (Phi) is 10.7. The van der Waals surface area contributed by atoms with Crippen molar-refractivity contribution < 1.29 is 27.4 Å². The number of amidine groups is 1. The van der Waals surface area contributed by atoms with Gasteiger partial charge in [-0.1, -0.05) is 56.8 Å². The van der Waals surface area contributed by atoms with Crippen molar-refractivity contribution in [3.05, 3.63) is 84.2 Å². The normalized spacial score (nSPS) is 15.1. The number of hydrogen-bond donors (Lipinski definition) is 1. The van der Waals surface area contributed by atoms with E-state index in [1.165, 1.54) is 35.3 Å². The number of carbonyl (C=O) groups excluding carboxylic acids is 1. The van der Waals surface area contributed by atoms with Gasteiger partial charge in [0.05, 0.1) is 12.8 Å². The van der Waals surface area contributed by atoms with Crippen LogP contribution in [-0.4, -0.2) is 58.3 Å². The van der Waals surface area contributed by atoms with Crippen molar-refractivity contribution in [2.75, 3.05) is 30.9 Å². The van der Waals surface area contributed by atoms with Crippen LogP contribution in [0.4, 0.5) is 23.7 Å². The number of benzene rings is 3. The molecule has 2 heterocycles. The van der Waals surface area contributed by atoms with Crippen molar-refractivity contribution in [3.8, 4) is 28.6 Å². The number of rotatable bonds is 10. The maximum atomic E-state index is 12.9. The predicted octanol–water partition coefficient (Wildman–Crippen LogP) is 7.85. The molecular formula is C34H37F3N6O3S. The molecule has 9 nitrogen and oxygen atoms in total. The number of aliphatic imine (C=N–C) groups is 1. The van der Waals surface area contributed by atoms with E-state index in [-0.39, 0.29) is 23.6 Å². The third-order valence-electron chi connectivity index (χ3n) is 7.56. The van der Waals surface area contributed by atoms with E-state index in [1.54, 1.807) is 18.9 Å². The van der Waals surface area contributed by atoms with Crippen LogP contribution in [0, 0.1) is 5.92 Å². The average molecular weight is 667 g/mol. The monoisotopic (exact) mass is 666 g/mol. The van der Waals surface area contributed by atoms with Crippen molar-refractivity contribution in [2.45, 2.75) is 45.9 Å². The highest BCUT2D eigenvalue weighted by atomic mass is 32.2. The Labute approximate surface area is 276 Å². The first kappa shape index (κ1) is 33.8. The number of thioether (sulfide) groups is 1. The lowest BCUT2D eigenvalue weighted by Gasteiger charge is -2.32. The second-order valence-electron chi connectivity index (χ2n) is 11.6. The van der Waals surface area contributed by atoms with Crippen molar-refractivity contribution in [2.24, 2.45) is 10.9 Å². The van der Waals surface area contributed by atoms with Crippen LogP contribution in [0.25, 0.3) is 17.1 Å². The molecule has 1 atom stereocenters. The number of nitrogens with one attached hydrogen (secondary N) is 1. The van der Waals surface area contributed by atoms with Crippen molar-refractivity contribution in [3.63, 3.8) is 0 Å². The summed E-state index contributed by atoms with van der Waals surface area (Å²) in [4.78, 5) is 23.9. The number of alkyl halides is 3. The van der Waals surface area contributed by atoms with E-state index in [4.69, 9.17) is 4.74 Å². The summed E-state index contributed by atoms with van der Waals surface area (Å²) in [5, 5.41) is 8.14. The number of methoxy groups -OCH3 is 1. The molecule has 248 valence electrons. The Balaban J connectivity index is 1.16. The standard InChI is InChI=1S/C34H37F3N6O3S/c1-22(2)29-19-28(45-4)14-15-30(29)42-16-5-17-47-33(42)40-32(44)38-20-23(3)18-24-6-8-25(9-7-24)31-39-21-43(41-31)26-10-12-27(13-11-26)46-34(35,36)37/h6-15,19,21-23H,5,16-18,20H2,1-4H3,(H,38,44)/b40-33-. The summed E-state index contributed by atoms with van der Waals surface area (Å²) < 4.78 is 48.2. The van der Waals surface area contributed by atoms with Crippen molar-refractivity contribution >= 4 is 28.6 Å². The minimum atomic E-state index is -4.75. The first-order valence-corrected chi connectivity index (χ1v) is 16.3. The Morgan fingerprint density at radius 3 is 2.45 bits per heavy atom. The zero-order valence-electron chi connectivity index (χ0n) is 26.6. The molecule has 47 heavy (non-hydrogen) atoms. The molecule has 1 aliphatic heterocycles. The highest BCUT2D eigenvalue weighted by Crippen LogP contribution is 2.35. The molecule has 0 spiro atoms. The summed E-state index contributed by atoms with van der Waals surface area (Å²) in [7, 11) is 1.66. The van der Waals surface area contributed by atoms with Gasteiger partial charge in [-0.3, -0.25) is 0 Å². The van der Waals surface area contributed by atoms with Crippen LogP contribution in [0.2, 0.25) is 0 Å². The molecule has 5 rings (SSSR count). The third-order valence-corrected chi connectivity index (χ3v) is 8.62. The fourth-order valence-electron chi connectivity index (χ4n) is 5.22. The molecule has 0 radical (unpaired) electrons. The Morgan fingerprint density at radius 2 is 1.77 bits per heavy atom. The van der Waals surface area contributed by atoms with E-state index < -0.39 is 6.36 Å². The lowest BCUT2D eigenvalue weighted by Crippen LogP contribution is -2.37. The summed E-state index contributed by atoms with van der Waals surface area (Å²) in [6.07, 6.45) is -1.50. The van der Waals surface area contributed by atoms with Crippen LogP contribution in [0.3, 0.4) is 0 Å². The summed E-state index contributed by atoms with van der Waals surface area (Å²) in [6.45, 7) is 7.63. The molecule has 1 fully saturated rings. The highest BCUT2D eigenvalue weighted by molar-refractivity contribution is 8.14. The molecule has 1 unspecified atom stereocenters. The van der Waals surface area contributed by atoms with Crippen LogP contribution in [0.1, 0.15) is 44.2 Å². The van der Waals surface area contributed by atoms with E-state index in [0.717, 1.165) is 53.3 Å². The van der Waals surface area contributed by atoms with Crippen LogP contribution in [0.5, 0.6) is 11.5 Å². The largest absolute Gasteiger partial charge is 0.573 e. The fraction of sp³-hybridized carbons (Fsp3) is 0.353. The van der Waals surface area contributed by atoms with E-state index in [0.29, 0.717) is 23.2 Å². The van der Waals surface area contributed by atoms with Gasteiger partial charge >= 0.3 is 12.4 Å². The van der Waals surface area contributed by atoms with Gasteiger partial charge in [0.25, 0.3) is 0 Å². The SMILES string of the molecule is COc1ccc(N2CCCS/C2=N\C(=O)NCC(C)Cc2ccc(-c3ncn(-c4ccc(OC(F)(F)F)cc4)n3)cc2)c(C(C)C)c1. The first-order valence-electron chi connectivity index (χ1n) is 15.3. The maximum Gasteiger partial charge on any atom is 0.573 e. The fourth-order valence-corrected chi connectivity index (χ4v) is 6.17. The summed E-state index contributed by atoms with van der Waals surface area (Å²) in [5.74, 6) is 2.33. The minimum Gasteiger partial charge on any atom is -0.497 e. The van der Waals surface area contributed by atoms with Gasteiger partial charge in [0.2, 0.25) is 0 Å². The van der Waals surface area contributed by atoms with Gasteiger partial charge in [-0.25, -0.2) is 14.5 Å². The first-order chi connectivity index (χ1) is 22.5. The van der Waals surface area contributed by atoms with Gasteiger partial charge in [-0.15, -0.1) is 18.3 Å². The van der Waals surface area contributed by atoms with E-state index in [1.807, 2.05) is 36.4 Å². The van der Waals surface area contributed by atoms with Gasteiger partial charge in [0.1, 0.15) is 17.8 Å². The number of urea groups is 1. The second kappa shape index (κ2) is 14.9. The molecule has 1 aromatic heterocycles. The highest BCUT2D eigenvalue weighted by Gasteiger charge is 2.31. The number of carbonyl (C=O) groups is 1. The molecule has 1 saturated heterocycles. The van der Waals surface area contributed by atoms with Crippen LogP contribution >= 0.6 is 11.8 Å². The number of ether oxygens (including phenoxy) is 2. The van der Waals surface area contributed by atoms with E-state index in [9.17, 15) is 18.0 Å². The summed E-state index contributed by atoms with van der Waals surface area (Å²) in [6, 6.07) is 18.9. The van der Waals surface area contributed by atoms with Crippen molar-refractivity contribution in [1.82, 2.24) is 20.1 Å². The summed E-state index contributed by atoms with van der Waals surface area (Å²) in [5.41, 5.74) is 4.64. The number of halogens is 3. The number of anilines is 1. The van der Waals surface area contributed by atoms with Gasteiger partial charge in [-0.05, 0) is 78.3 Å². The lowest BCUT2D eigenvalue weighted by atomic mass is 10.00. The number of aromatic nitrogens is 3. The molecule has 3 aromatic carbocycles. The lowest BCUT2D eigenvalue weighted by molar-refractivity contribution is -0.274. The molecule has 0 bridgehead atoms. The number of nitrogens with zero attached hydrogens (tertiary/aromatic N) is 5. The molecule has 2 amide bonds. The van der Waals surface area contributed by atoms with Gasteiger partial charge < -0.3 is 19.7 Å². The Hall–Kier alpha value is -4.52. The third kappa shape index (κ3) is 9.06. The topological polar surface area (TPSA) is 93.9 Å². The number of hydrogen-bond acceptors (Lipinski definition) is 6. The molecule has 1 N–H and O–H groups in total. The second-order valence-corrected chi connectivity index (χ2v) is 12.6. The van der Waals surface area contributed by atoms with Gasteiger partial charge in [0, 0.05) is 30.1 Å². The van der Waals surface area contributed by atoms with Gasteiger partial charge in [0.15, 0.2) is 11.0 Å². The molecular weight excluding hydrogens is 629 g/mol. The van der Waals surface area contributed by atoms with E-state index >= 15 is 0 Å². The minimum absolute atomic E-state index is 0.163. The summed E-state index contributed by atoms with van der Waals surface area (Å²) >= 11 is 1.59. The van der Waals surface area contributed by atoms with Crippen LogP contribution in [0.15, 0.2) is 78.0 Å². The maximum absolute atomic E-state index is 12.9. The Morgan fingerprint density at radius 1 is 1.04 bits per heavy atom. The zero-order valence-corrected chi connectivity index (χ0v) is 27.4. The molecule has 0 saturated carbocycles. The van der Waals surface area contributed by atoms with Gasteiger partial charge in [-0.2, -0.15) is 4.99 Å². The van der Waals surface area contributed by atoms with Crippen LogP contribution < -0.4 is 19.7 Å². The smallest absolute Gasteiger partial charge is 0.497 e. The quantitative estimate of drug-likeness (QED) is 0.184. The Bertz CT molecular complexity index is 1690. The number of amides is 2. The van der Waals surface area contributed by atoms with Crippen LogP contribution in [-0.2, 0) is 6.42 Å².